The average Bonchev–Trinajstić information content (AvgIpc) is 2.65. The number of aromatic hydroxyl groups is 2. The third-order valence-electron chi connectivity index (χ3n) is 4.25. The second-order valence-corrected chi connectivity index (χ2v) is 6.20. The Morgan fingerprint density at radius 3 is 2.50 bits per heavy atom. The highest BCUT2D eigenvalue weighted by Gasteiger charge is 2.18. The van der Waals surface area contributed by atoms with Gasteiger partial charge in [0.15, 0.2) is 16.9 Å². The van der Waals surface area contributed by atoms with Crippen LogP contribution in [0.1, 0.15) is 32.6 Å². The van der Waals surface area contributed by atoms with Crippen molar-refractivity contribution in [2.45, 2.75) is 32.6 Å². The molecule has 0 spiro atoms. The summed E-state index contributed by atoms with van der Waals surface area (Å²) in [5, 5.41) is 20.3. The van der Waals surface area contributed by atoms with Gasteiger partial charge in [-0.05, 0) is 6.42 Å². The Morgan fingerprint density at radius 2 is 1.77 bits per heavy atom. The highest BCUT2D eigenvalue weighted by atomic mass is 16.5. The zero-order valence-electron chi connectivity index (χ0n) is 14.7. The van der Waals surface area contributed by atoms with Crippen LogP contribution in [0.5, 0.6) is 17.2 Å². The van der Waals surface area contributed by atoms with Crippen LogP contribution in [0.25, 0.3) is 22.3 Å². The minimum Gasteiger partial charge on any atom is -0.504 e. The Labute approximate surface area is 151 Å². The quantitative estimate of drug-likeness (QED) is 0.469. The van der Waals surface area contributed by atoms with E-state index in [1.54, 1.807) is 0 Å². The van der Waals surface area contributed by atoms with E-state index in [4.69, 9.17) is 9.15 Å². The van der Waals surface area contributed by atoms with E-state index in [0.29, 0.717) is 12.4 Å². The van der Waals surface area contributed by atoms with Gasteiger partial charge < -0.3 is 19.4 Å². The van der Waals surface area contributed by atoms with Gasteiger partial charge in [-0.25, -0.2) is 0 Å². The van der Waals surface area contributed by atoms with Gasteiger partial charge in [0.05, 0.1) is 6.61 Å². The number of hydrogen-bond donors (Lipinski definition) is 2. The SMILES string of the molecule is CCCCCCOc1cc2oc(-c3ccccc3)cc(=O)c2c(O)c1O. The summed E-state index contributed by atoms with van der Waals surface area (Å²) >= 11 is 0. The maximum Gasteiger partial charge on any atom is 0.201 e. The van der Waals surface area contributed by atoms with Gasteiger partial charge >= 0.3 is 0 Å². The van der Waals surface area contributed by atoms with Gasteiger partial charge in [0, 0.05) is 17.7 Å². The zero-order chi connectivity index (χ0) is 18.5. The zero-order valence-corrected chi connectivity index (χ0v) is 14.7. The fourth-order valence-electron chi connectivity index (χ4n) is 2.83. The van der Waals surface area contributed by atoms with Gasteiger partial charge in [-0.15, -0.1) is 0 Å². The Bertz CT molecular complexity index is 944. The first-order valence-electron chi connectivity index (χ1n) is 8.82. The van der Waals surface area contributed by atoms with Crippen LogP contribution >= 0.6 is 0 Å². The predicted octanol–water partition coefficient (Wildman–Crippen LogP) is 4.83. The number of rotatable bonds is 7. The first-order valence-corrected chi connectivity index (χ1v) is 8.82. The molecule has 2 aromatic carbocycles. The van der Waals surface area contributed by atoms with Crippen molar-refractivity contribution in [3.8, 4) is 28.6 Å². The van der Waals surface area contributed by atoms with Crippen LogP contribution in [0.2, 0.25) is 0 Å². The van der Waals surface area contributed by atoms with E-state index < -0.39 is 16.9 Å². The van der Waals surface area contributed by atoms with Gasteiger partial charge in [-0.1, -0.05) is 56.5 Å². The molecule has 3 rings (SSSR count). The normalized spacial score (nSPS) is 11.0. The molecule has 3 aromatic rings. The summed E-state index contributed by atoms with van der Waals surface area (Å²) in [7, 11) is 0. The van der Waals surface area contributed by atoms with Crippen LogP contribution in [-0.4, -0.2) is 16.8 Å². The van der Waals surface area contributed by atoms with Gasteiger partial charge in [-0.2, -0.15) is 0 Å². The van der Waals surface area contributed by atoms with E-state index in [-0.39, 0.29) is 16.7 Å². The highest BCUT2D eigenvalue weighted by molar-refractivity contribution is 5.89. The molecular formula is C21H22O5. The van der Waals surface area contributed by atoms with Crippen LogP contribution in [0.3, 0.4) is 0 Å². The lowest BCUT2D eigenvalue weighted by Crippen LogP contribution is -2.03. The van der Waals surface area contributed by atoms with Crippen LogP contribution in [-0.2, 0) is 0 Å². The lowest BCUT2D eigenvalue weighted by molar-refractivity contribution is 0.284. The summed E-state index contributed by atoms with van der Waals surface area (Å²) in [5.74, 6) is -0.450. The summed E-state index contributed by atoms with van der Waals surface area (Å²) in [6, 6.07) is 12.0. The summed E-state index contributed by atoms with van der Waals surface area (Å²) < 4.78 is 11.4. The van der Waals surface area contributed by atoms with Gasteiger partial charge in [0.25, 0.3) is 0 Å². The standard InChI is InChI=1S/C21H22O5/c1-2-3-4-8-11-25-18-13-17-19(21(24)20(18)23)15(22)12-16(26-17)14-9-6-5-7-10-14/h5-7,9-10,12-13,23-24H,2-4,8,11H2,1H3. The number of unbranched alkanes of at least 4 members (excludes halogenated alkanes) is 3. The van der Waals surface area contributed by atoms with Crippen molar-refractivity contribution in [1.82, 2.24) is 0 Å². The van der Waals surface area contributed by atoms with E-state index in [1.165, 1.54) is 12.1 Å². The second kappa shape index (κ2) is 7.95. The third-order valence-corrected chi connectivity index (χ3v) is 4.25. The van der Waals surface area contributed by atoms with E-state index in [2.05, 4.69) is 6.92 Å². The molecule has 0 saturated heterocycles. The molecule has 0 aliphatic carbocycles. The molecular weight excluding hydrogens is 332 g/mol. The molecule has 0 aliphatic heterocycles. The summed E-state index contributed by atoms with van der Waals surface area (Å²) in [4.78, 5) is 12.4. The molecule has 0 atom stereocenters. The Kier molecular flexibility index (Phi) is 5.46. The van der Waals surface area contributed by atoms with Crippen LogP contribution in [0.4, 0.5) is 0 Å². The predicted molar refractivity (Wildman–Crippen MR) is 101 cm³/mol. The van der Waals surface area contributed by atoms with Gasteiger partial charge in [0.1, 0.15) is 16.7 Å². The highest BCUT2D eigenvalue weighted by Crippen LogP contribution is 2.41. The Morgan fingerprint density at radius 1 is 1.00 bits per heavy atom. The van der Waals surface area contributed by atoms with Crippen molar-refractivity contribution < 1.29 is 19.4 Å². The second-order valence-electron chi connectivity index (χ2n) is 6.20. The molecule has 0 unspecified atom stereocenters. The van der Waals surface area contributed by atoms with Crippen LogP contribution in [0, 0.1) is 0 Å². The van der Waals surface area contributed by atoms with E-state index >= 15 is 0 Å². The number of hydrogen-bond acceptors (Lipinski definition) is 5. The fourth-order valence-corrected chi connectivity index (χ4v) is 2.83. The molecule has 26 heavy (non-hydrogen) atoms. The van der Waals surface area contributed by atoms with Crippen LogP contribution < -0.4 is 10.2 Å². The van der Waals surface area contributed by atoms with Crippen molar-refractivity contribution in [1.29, 1.82) is 0 Å². The molecule has 0 fully saturated rings. The minimum atomic E-state index is -0.514. The molecule has 5 nitrogen and oxygen atoms in total. The van der Waals surface area contributed by atoms with E-state index in [1.807, 2.05) is 30.3 Å². The van der Waals surface area contributed by atoms with Crippen molar-refractivity contribution in [3.05, 3.63) is 52.7 Å². The molecule has 0 amide bonds. The number of benzene rings is 2. The lowest BCUT2D eigenvalue weighted by atomic mass is 10.1. The Balaban J connectivity index is 1.98. The third kappa shape index (κ3) is 3.67. The van der Waals surface area contributed by atoms with Crippen molar-refractivity contribution in [2.75, 3.05) is 6.61 Å². The van der Waals surface area contributed by atoms with Crippen LogP contribution in [0.15, 0.2) is 51.7 Å². The largest absolute Gasteiger partial charge is 0.504 e. The molecule has 0 bridgehead atoms. The van der Waals surface area contributed by atoms with Gasteiger partial charge in [0.2, 0.25) is 5.75 Å². The summed E-state index contributed by atoms with van der Waals surface area (Å²) in [5.41, 5.74) is 0.503. The first-order chi connectivity index (χ1) is 12.6. The first kappa shape index (κ1) is 17.9. The molecule has 2 N–H and O–H groups in total. The number of fused-ring (bicyclic) bond motifs is 1. The number of phenols is 2. The van der Waals surface area contributed by atoms with Crippen molar-refractivity contribution in [3.63, 3.8) is 0 Å². The summed E-state index contributed by atoms with van der Waals surface area (Å²) in [6.07, 6.45) is 4.12. The monoisotopic (exact) mass is 354 g/mol. The van der Waals surface area contributed by atoms with Gasteiger partial charge in [-0.3, -0.25) is 4.79 Å². The molecule has 0 saturated carbocycles. The van der Waals surface area contributed by atoms with E-state index in [9.17, 15) is 15.0 Å². The molecule has 5 heteroatoms. The topological polar surface area (TPSA) is 79.9 Å². The number of phenolic OH excluding ortho intramolecular Hbond substituents is 2. The maximum absolute atomic E-state index is 12.4. The lowest BCUT2D eigenvalue weighted by Gasteiger charge is -2.11. The van der Waals surface area contributed by atoms with Crippen molar-refractivity contribution in [2.24, 2.45) is 0 Å². The molecule has 0 radical (unpaired) electrons. The fraction of sp³-hybridized carbons (Fsp3) is 0.286. The minimum absolute atomic E-state index is 0.0551. The molecule has 0 aliphatic rings. The smallest absolute Gasteiger partial charge is 0.201 e. The van der Waals surface area contributed by atoms with Crippen molar-refractivity contribution >= 4 is 11.0 Å². The van der Waals surface area contributed by atoms with E-state index in [0.717, 1.165) is 31.2 Å². The molecule has 1 heterocycles. The Hall–Kier alpha value is -2.95. The molecule has 1 aromatic heterocycles. The number of ether oxygens (including phenoxy) is 1. The summed E-state index contributed by atoms with van der Waals surface area (Å²) in [6.45, 7) is 2.54. The molecule has 136 valence electrons. The maximum atomic E-state index is 12.4. The average molecular weight is 354 g/mol.